The SMILES string of the molecule is O=C(Cc1c(F)cccc1Cl)Nc1cc(Cl)ccc1Br. The Bertz CT molecular complexity index is 643. The standard InChI is InChI=1S/C14H9BrCl2FNO/c15-10-5-4-8(16)6-13(10)19-14(20)7-9-11(17)2-1-3-12(9)18/h1-6H,7H2,(H,19,20). The summed E-state index contributed by atoms with van der Waals surface area (Å²) >= 11 is 15.0. The zero-order valence-corrected chi connectivity index (χ0v) is 13.2. The molecule has 0 atom stereocenters. The smallest absolute Gasteiger partial charge is 0.228 e. The van der Waals surface area contributed by atoms with Crippen LogP contribution in [-0.4, -0.2) is 5.91 Å². The number of hydrogen-bond donors (Lipinski definition) is 1. The number of carbonyl (C=O) groups excluding carboxylic acids is 1. The molecular weight excluding hydrogens is 368 g/mol. The van der Waals surface area contributed by atoms with E-state index in [1.165, 1.54) is 12.1 Å². The van der Waals surface area contributed by atoms with Crippen molar-refractivity contribution in [3.8, 4) is 0 Å². The highest BCUT2D eigenvalue weighted by Crippen LogP contribution is 2.26. The van der Waals surface area contributed by atoms with Crippen molar-refractivity contribution < 1.29 is 9.18 Å². The lowest BCUT2D eigenvalue weighted by Crippen LogP contribution is -2.15. The van der Waals surface area contributed by atoms with Crippen molar-refractivity contribution in [1.29, 1.82) is 0 Å². The van der Waals surface area contributed by atoms with Crippen molar-refractivity contribution in [1.82, 2.24) is 0 Å². The van der Waals surface area contributed by atoms with Crippen molar-refractivity contribution in [3.63, 3.8) is 0 Å². The zero-order valence-electron chi connectivity index (χ0n) is 10.1. The van der Waals surface area contributed by atoms with E-state index in [4.69, 9.17) is 23.2 Å². The predicted octanol–water partition coefficient (Wildman–Crippen LogP) is 5.08. The molecule has 1 N–H and O–H groups in total. The van der Waals surface area contributed by atoms with Gasteiger partial charge in [-0.1, -0.05) is 29.3 Å². The molecule has 1 amide bonds. The minimum atomic E-state index is -0.502. The number of amides is 1. The van der Waals surface area contributed by atoms with Crippen LogP contribution in [0.2, 0.25) is 10.0 Å². The fourth-order valence-corrected chi connectivity index (χ4v) is 2.40. The first kappa shape index (κ1) is 15.3. The number of nitrogens with one attached hydrogen (secondary N) is 1. The molecule has 0 heterocycles. The summed E-state index contributed by atoms with van der Waals surface area (Å²) in [7, 11) is 0. The second-order valence-electron chi connectivity index (χ2n) is 4.05. The summed E-state index contributed by atoms with van der Waals surface area (Å²) in [5.41, 5.74) is 0.694. The first-order valence-electron chi connectivity index (χ1n) is 5.65. The Kier molecular flexibility index (Phi) is 5.02. The molecule has 2 aromatic rings. The number of hydrogen-bond acceptors (Lipinski definition) is 1. The molecule has 0 aliphatic carbocycles. The van der Waals surface area contributed by atoms with Gasteiger partial charge < -0.3 is 5.32 Å². The summed E-state index contributed by atoms with van der Waals surface area (Å²) < 4.78 is 14.3. The number of halogens is 4. The van der Waals surface area contributed by atoms with E-state index in [9.17, 15) is 9.18 Å². The number of anilines is 1. The third kappa shape index (κ3) is 3.72. The van der Waals surface area contributed by atoms with Crippen LogP contribution < -0.4 is 5.32 Å². The molecule has 0 radical (unpaired) electrons. The maximum atomic E-state index is 13.6. The zero-order chi connectivity index (χ0) is 14.7. The molecule has 0 aliphatic rings. The Labute approximate surface area is 134 Å². The summed E-state index contributed by atoms with van der Waals surface area (Å²) in [6.07, 6.45) is -0.148. The molecule has 0 saturated heterocycles. The van der Waals surface area contributed by atoms with E-state index in [0.29, 0.717) is 15.2 Å². The molecule has 2 aromatic carbocycles. The lowest BCUT2D eigenvalue weighted by Gasteiger charge is -2.09. The highest BCUT2D eigenvalue weighted by atomic mass is 79.9. The van der Waals surface area contributed by atoms with Gasteiger partial charge in [-0.15, -0.1) is 0 Å². The topological polar surface area (TPSA) is 29.1 Å². The van der Waals surface area contributed by atoms with Gasteiger partial charge in [0.05, 0.1) is 12.1 Å². The van der Waals surface area contributed by atoms with Gasteiger partial charge >= 0.3 is 0 Å². The van der Waals surface area contributed by atoms with E-state index in [-0.39, 0.29) is 22.9 Å². The highest BCUT2D eigenvalue weighted by Gasteiger charge is 2.13. The Morgan fingerprint density at radius 2 is 2.00 bits per heavy atom. The van der Waals surface area contributed by atoms with Crippen LogP contribution >= 0.6 is 39.1 Å². The average molecular weight is 377 g/mol. The second-order valence-corrected chi connectivity index (χ2v) is 5.75. The summed E-state index contributed by atoms with van der Waals surface area (Å²) in [5.74, 6) is -0.877. The van der Waals surface area contributed by atoms with Crippen molar-refractivity contribution in [3.05, 3.63) is 62.3 Å². The maximum Gasteiger partial charge on any atom is 0.228 e. The van der Waals surface area contributed by atoms with E-state index in [1.807, 2.05) is 0 Å². The average Bonchev–Trinajstić information content (AvgIpc) is 2.38. The molecule has 0 saturated carbocycles. The van der Waals surface area contributed by atoms with E-state index < -0.39 is 5.82 Å². The Hall–Kier alpha value is -1.10. The highest BCUT2D eigenvalue weighted by molar-refractivity contribution is 9.10. The second kappa shape index (κ2) is 6.57. The molecule has 0 spiro atoms. The summed E-state index contributed by atoms with van der Waals surface area (Å²) in [6.45, 7) is 0. The van der Waals surface area contributed by atoms with Crippen LogP contribution in [0, 0.1) is 5.82 Å². The van der Waals surface area contributed by atoms with Crippen LogP contribution in [-0.2, 0) is 11.2 Å². The van der Waals surface area contributed by atoms with E-state index >= 15 is 0 Å². The van der Waals surface area contributed by atoms with Crippen LogP contribution in [0.25, 0.3) is 0 Å². The first-order valence-corrected chi connectivity index (χ1v) is 7.20. The third-order valence-electron chi connectivity index (χ3n) is 2.60. The van der Waals surface area contributed by atoms with Gasteiger partial charge in [0.1, 0.15) is 5.82 Å². The molecule has 0 aromatic heterocycles. The van der Waals surface area contributed by atoms with Crippen LogP contribution in [0.15, 0.2) is 40.9 Å². The van der Waals surface area contributed by atoms with Crippen molar-refractivity contribution >= 4 is 50.7 Å². The van der Waals surface area contributed by atoms with Crippen molar-refractivity contribution in [2.24, 2.45) is 0 Å². The normalized spacial score (nSPS) is 10.4. The Morgan fingerprint density at radius 1 is 1.25 bits per heavy atom. The number of rotatable bonds is 3. The van der Waals surface area contributed by atoms with E-state index in [2.05, 4.69) is 21.2 Å². The fraction of sp³-hybridized carbons (Fsp3) is 0.0714. The molecule has 6 heteroatoms. The molecule has 0 bridgehead atoms. The minimum absolute atomic E-state index is 0.148. The fourth-order valence-electron chi connectivity index (χ4n) is 1.65. The van der Waals surface area contributed by atoms with Crippen LogP contribution in [0.5, 0.6) is 0 Å². The first-order chi connectivity index (χ1) is 9.47. The van der Waals surface area contributed by atoms with Gasteiger partial charge in [-0.2, -0.15) is 0 Å². The molecule has 0 fully saturated rings. The van der Waals surface area contributed by atoms with Gasteiger partial charge in [0.2, 0.25) is 5.91 Å². The molecule has 0 aliphatic heterocycles. The van der Waals surface area contributed by atoms with Crippen molar-refractivity contribution in [2.45, 2.75) is 6.42 Å². The van der Waals surface area contributed by atoms with Crippen molar-refractivity contribution in [2.75, 3.05) is 5.32 Å². The van der Waals surface area contributed by atoms with Crippen LogP contribution in [0.1, 0.15) is 5.56 Å². The monoisotopic (exact) mass is 375 g/mol. The molecule has 20 heavy (non-hydrogen) atoms. The summed E-state index contributed by atoms with van der Waals surface area (Å²) in [5, 5.41) is 3.38. The lowest BCUT2D eigenvalue weighted by molar-refractivity contribution is -0.115. The van der Waals surface area contributed by atoms with Gasteiger partial charge in [0, 0.05) is 20.1 Å². The van der Waals surface area contributed by atoms with E-state index in [1.54, 1.807) is 24.3 Å². The largest absolute Gasteiger partial charge is 0.325 e. The third-order valence-corrected chi connectivity index (χ3v) is 3.88. The summed E-state index contributed by atoms with van der Waals surface area (Å²) in [6, 6.07) is 9.31. The number of carbonyl (C=O) groups is 1. The molecule has 104 valence electrons. The van der Waals surface area contributed by atoms with Gasteiger partial charge in [0.15, 0.2) is 0 Å². The summed E-state index contributed by atoms with van der Waals surface area (Å²) in [4.78, 5) is 11.9. The molecule has 2 nitrogen and oxygen atoms in total. The van der Waals surface area contributed by atoms with Gasteiger partial charge in [-0.25, -0.2) is 4.39 Å². The van der Waals surface area contributed by atoms with Crippen LogP contribution in [0.4, 0.5) is 10.1 Å². The van der Waals surface area contributed by atoms with Gasteiger partial charge in [-0.05, 0) is 46.3 Å². The molecular formula is C14H9BrCl2FNO. The minimum Gasteiger partial charge on any atom is -0.325 e. The lowest BCUT2D eigenvalue weighted by atomic mass is 10.1. The van der Waals surface area contributed by atoms with E-state index in [0.717, 1.165) is 0 Å². The Morgan fingerprint density at radius 3 is 2.70 bits per heavy atom. The number of benzene rings is 2. The van der Waals surface area contributed by atoms with Gasteiger partial charge in [-0.3, -0.25) is 4.79 Å². The van der Waals surface area contributed by atoms with Gasteiger partial charge in [0.25, 0.3) is 0 Å². The maximum absolute atomic E-state index is 13.6. The molecule has 0 unspecified atom stereocenters. The van der Waals surface area contributed by atoms with Crippen LogP contribution in [0.3, 0.4) is 0 Å². The Balaban J connectivity index is 2.15. The predicted molar refractivity (Wildman–Crippen MR) is 82.9 cm³/mol. The quantitative estimate of drug-likeness (QED) is 0.795. The molecule has 2 rings (SSSR count).